The topological polar surface area (TPSA) is 36.3 Å². The van der Waals surface area contributed by atoms with Crippen LogP contribution in [-0.4, -0.2) is 25.3 Å². The largest absolute Gasteiger partial charge is 0.416 e. The van der Waals surface area contributed by atoms with E-state index in [2.05, 4.69) is 0 Å². The third-order valence-corrected chi connectivity index (χ3v) is 4.91. The lowest BCUT2D eigenvalue weighted by Crippen LogP contribution is -2.38. The molecule has 1 aromatic carbocycles. The predicted molar refractivity (Wildman–Crippen MR) is 84.7 cm³/mol. The second kappa shape index (κ2) is 7.02. The lowest BCUT2D eigenvalue weighted by molar-refractivity contribution is -0.137. The Balaban J connectivity index is 1.64. The molecular formula is C18H21F3N2O. The standard InChI is InChI=1S/C18H21F3N2O/c19-18(20,21)14-5-6-17(13(11-14)12-22)23-9-7-16(8-10-23)24-15-3-1-2-4-15/h5-6,11,15-16H,1-4,7-10H2. The lowest BCUT2D eigenvalue weighted by atomic mass is 10.0. The molecular weight excluding hydrogens is 317 g/mol. The molecule has 1 heterocycles. The average molecular weight is 338 g/mol. The Morgan fingerprint density at radius 2 is 1.67 bits per heavy atom. The summed E-state index contributed by atoms with van der Waals surface area (Å²) < 4.78 is 44.5. The summed E-state index contributed by atoms with van der Waals surface area (Å²) in [6, 6.07) is 5.31. The number of halogens is 3. The first-order valence-corrected chi connectivity index (χ1v) is 8.49. The van der Waals surface area contributed by atoms with Crippen molar-refractivity contribution in [2.75, 3.05) is 18.0 Å². The van der Waals surface area contributed by atoms with Crippen LogP contribution in [-0.2, 0) is 10.9 Å². The van der Waals surface area contributed by atoms with Crippen LogP contribution in [0.1, 0.15) is 49.7 Å². The van der Waals surface area contributed by atoms with Crippen LogP contribution in [0, 0.1) is 11.3 Å². The number of alkyl halides is 3. The highest BCUT2D eigenvalue weighted by Crippen LogP contribution is 2.34. The first kappa shape index (κ1) is 17.1. The van der Waals surface area contributed by atoms with Crippen molar-refractivity contribution in [3.8, 4) is 6.07 Å². The van der Waals surface area contributed by atoms with E-state index in [-0.39, 0.29) is 11.7 Å². The van der Waals surface area contributed by atoms with E-state index in [0.29, 0.717) is 24.9 Å². The van der Waals surface area contributed by atoms with Gasteiger partial charge in [-0.15, -0.1) is 0 Å². The minimum absolute atomic E-state index is 0.0833. The smallest absolute Gasteiger partial charge is 0.375 e. The molecule has 0 atom stereocenters. The van der Waals surface area contributed by atoms with Crippen LogP contribution in [0.3, 0.4) is 0 Å². The Labute approximate surface area is 140 Å². The summed E-state index contributed by atoms with van der Waals surface area (Å²) in [6.07, 6.45) is 2.62. The zero-order chi connectivity index (χ0) is 17.2. The maximum atomic E-state index is 12.8. The molecule has 1 aliphatic carbocycles. The van der Waals surface area contributed by atoms with Crippen LogP contribution in [0.2, 0.25) is 0 Å². The van der Waals surface area contributed by atoms with Crippen LogP contribution < -0.4 is 4.90 Å². The number of benzene rings is 1. The van der Waals surface area contributed by atoms with Gasteiger partial charge in [-0.25, -0.2) is 0 Å². The number of anilines is 1. The number of rotatable bonds is 3. The summed E-state index contributed by atoms with van der Waals surface area (Å²) in [4.78, 5) is 1.99. The van der Waals surface area contributed by atoms with Crippen molar-refractivity contribution in [3.05, 3.63) is 29.3 Å². The molecule has 1 saturated carbocycles. The molecule has 3 nitrogen and oxygen atoms in total. The van der Waals surface area contributed by atoms with Crippen LogP contribution in [0.15, 0.2) is 18.2 Å². The van der Waals surface area contributed by atoms with Gasteiger partial charge in [0.25, 0.3) is 0 Å². The molecule has 0 aromatic heterocycles. The molecule has 24 heavy (non-hydrogen) atoms. The molecule has 1 aliphatic heterocycles. The van der Waals surface area contributed by atoms with Crippen molar-refractivity contribution in [2.24, 2.45) is 0 Å². The van der Waals surface area contributed by atoms with Crippen molar-refractivity contribution in [1.29, 1.82) is 5.26 Å². The zero-order valence-electron chi connectivity index (χ0n) is 13.5. The summed E-state index contributed by atoms with van der Waals surface area (Å²) in [6.45, 7) is 1.41. The van der Waals surface area contributed by atoms with Crippen LogP contribution in [0.4, 0.5) is 18.9 Å². The summed E-state index contributed by atoms with van der Waals surface area (Å²) in [5.74, 6) is 0. The molecule has 0 bridgehead atoms. The molecule has 0 N–H and O–H groups in total. The lowest BCUT2D eigenvalue weighted by Gasteiger charge is -2.35. The Morgan fingerprint density at radius 1 is 1.04 bits per heavy atom. The normalized spacial score (nSPS) is 20.3. The predicted octanol–water partition coefficient (Wildman–Crippen LogP) is 4.51. The van der Waals surface area contributed by atoms with Gasteiger partial charge in [-0.1, -0.05) is 12.8 Å². The molecule has 2 aliphatic rings. The number of hydrogen-bond donors (Lipinski definition) is 0. The second-order valence-corrected chi connectivity index (χ2v) is 6.57. The monoisotopic (exact) mass is 338 g/mol. The molecule has 1 aromatic rings. The molecule has 0 spiro atoms. The quantitative estimate of drug-likeness (QED) is 0.814. The maximum Gasteiger partial charge on any atom is 0.416 e. The molecule has 0 unspecified atom stereocenters. The number of piperidine rings is 1. The van der Waals surface area contributed by atoms with E-state index in [9.17, 15) is 18.4 Å². The Bertz CT molecular complexity index is 610. The Kier molecular flexibility index (Phi) is 5.00. The summed E-state index contributed by atoms with van der Waals surface area (Å²) >= 11 is 0. The van der Waals surface area contributed by atoms with Gasteiger partial charge in [-0.2, -0.15) is 18.4 Å². The van der Waals surface area contributed by atoms with E-state index < -0.39 is 11.7 Å². The second-order valence-electron chi connectivity index (χ2n) is 6.57. The molecule has 1 saturated heterocycles. The summed E-state index contributed by atoms with van der Waals surface area (Å²) in [5, 5.41) is 9.21. The van der Waals surface area contributed by atoms with Crippen molar-refractivity contribution >= 4 is 5.69 Å². The minimum Gasteiger partial charge on any atom is -0.375 e. The fourth-order valence-electron chi connectivity index (χ4n) is 3.61. The third-order valence-electron chi connectivity index (χ3n) is 4.91. The van der Waals surface area contributed by atoms with Crippen molar-refractivity contribution in [3.63, 3.8) is 0 Å². The number of nitrogens with zero attached hydrogens (tertiary/aromatic N) is 2. The van der Waals surface area contributed by atoms with E-state index in [1.165, 1.54) is 18.9 Å². The SMILES string of the molecule is N#Cc1cc(C(F)(F)F)ccc1N1CCC(OC2CCCC2)CC1. The van der Waals surface area contributed by atoms with Gasteiger partial charge in [0, 0.05) is 13.1 Å². The van der Waals surface area contributed by atoms with Crippen molar-refractivity contribution < 1.29 is 17.9 Å². The first-order chi connectivity index (χ1) is 11.5. The zero-order valence-corrected chi connectivity index (χ0v) is 13.5. The van der Waals surface area contributed by atoms with E-state index >= 15 is 0 Å². The molecule has 3 rings (SSSR count). The van der Waals surface area contributed by atoms with Crippen molar-refractivity contribution in [1.82, 2.24) is 0 Å². The van der Waals surface area contributed by atoms with Gasteiger partial charge in [-0.3, -0.25) is 0 Å². The van der Waals surface area contributed by atoms with Gasteiger partial charge in [0.15, 0.2) is 0 Å². The molecule has 0 radical (unpaired) electrons. The van der Waals surface area contributed by atoms with E-state index in [4.69, 9.17) is 4.74 Å². The average Bonchev–Trinajstić information content (AvgIpc) is 3.07. The highest BCUT2D eigenvalue weighted by molar-refractivity contribution is 5.61. The van der Waals surface area contributed by atoms with E-state index in [1.807, 2.05) is 11.0 Å². The molecule has 130 valence electrons. The van der Waals surface area contributed by atoms with E-state index in [0.717, 1.165) is 37.8 Å². The van der Waals surface area contributed by atoms with Crippen LogP contribution >= 0.6 is 0 Å². The summed E-state index contributed by atoms with van der Waals surface area (Å²) in [7, 11) is 0. The minimum atomic E-state index is -4.42. The third kappa shape index (κ3) is 3.84. The molecule has 0 amide bonds. The Hall–Kier alpha value is -1.74. The van der Waals surface area contributed by atoms with Gasteiger partial charge in [0.2, 0.25) is 0 Å². The molecule has 6 heteroatoms. The highest BCUT2D eigenvalue weighted by Gasteiger charge is 2.32. The van der Waals surface area contributed by atoms with Gasteiger partial charge in [0.05, 0.1) is 29.0 Å². The fraction of sp³-hybridized carbons (Fsp3) is 0.611. The van der Waals surface area contributed by atoms with Crippen LogP contribution in [0.25, 0.3) is 0 Å². The fourth-order valence-corrected chi connectivity index (χ4v) is 3.61. The maximum absolute atomic E-state index is 12.8. The number of hydrogen-bond acceptors (Lipinski definition) is 3. The molecule has 2 fully saturated rings. The summed E-state index contributed by atoms with van der Waals surface area (Å²) in [5.41, 5.74) is -0.105. The highest BCUT2D eigenvalue weighted by atomic mass is 19.4. The van der Waals surface area contributed by atoms with Crippen LogP contribution in [0.5, 0.6) is 0 Å². The first-order valence-electron chi connectivity index (χ1n) is 8.49. The van der Waals surface area contributed by atoms with Gasteiger partial charge in [-0.05, 0) is 43.9 Å². The van der Waals surface area contributed by atoms with Crippen molar-refractivity contribution in [2.45, 2.75) is 56.9 Å². The van der Waals surface area contributed by atoms with Gasteiger partial charge >= 0.3 is 6.18 Å². The van der Waals surface area contributed by atoms with Gasteiger partial charge < -0.3 is 9.64 Å². The number of ether oxygens (including phenoxy) is 1. The van der Waals surface area contributed by atoms with E-state index in [1.54, 1.807) is 0 Å². The Morgan fingerprint density at radius 3 is 2.25 bits per heavy atom. The van der Waals surface area contributed by atoms with Gasteiger partial charge in [0.1, 0.15) is 6.07 Å². The number of nitriles is 1.